The van der Waals surface area contributed by atoms with Gasteiger partial charge in [-0.15, -0.1) is 0 Å². The SMILES string of the molecule is CC(C)(O)c1nc(C(=O)O)c(COCC[Si](C)(C)C)[nH]1. The molecule has 0 atom stereocenters. The van der Waals surface area contributed by atoms with Crippen molar-refractivity contribution in [1.82, 2.24) is 9.97 Å². The van der Waals surface area contributed by atoms with Gasteiger partial charge in [-0.25, -0.2) is 9.78 Å². The molecule has 0 saturated heterocycles. The van der Waals surface area contributed by atoms with E-state index in [0.29, 0.717) is 12.3 Å². The van der Waals surface area contributed by atoms with E-state index >= 15 is 0 Å². The minimum Gasteiger partial charge on any atom is -0.476 e. The van der Waals surface area contributed by atoms with Gasteiger partial charge in [0.05, 0.1) is 12.3 Å². The van der Waals surface area contributed by atoms with Crippen LogP contribution in [0.3, 0.4) is 0 Å². The van der Waals surface area contributed by atoms with E-state index in [0.717, 1.165) is 6.04 Å². The molecule has 0 aliphatic carbocycles. The molecule has 1 aromatic rings. The Labute approximate surface area is 120 Å². The summed E-state index contributed by atoms with van der Waals surface area (Å²) in [6.07, 6.45) is 0. The Kier molecular flexibility index (Phi) is 5.12. The lowest BCUT2D eigenvalue weighted by atomic mass is 10.1. The Morgan fingerprint density at radius 3 is 2.45 bits per heavy atom. The molecular weight excluding hydrogens is 276 g/mol. The predicted molar refractivity (Wildman–Crippen MR) is 78.6 cm³/mol. The van der Waals surface area contributed by atoms with E-state index in [1.807, 2.05) is 0 Å². The number of aromatic amines is 1. The van der Waals surface area contributed by atoms with Gasteiger partial charge in [-0.05, 0) is 19.9 Å². The molecule has 0 unspecified atom stereocenters. The topological polar surface area (TPSA) is 95.4 Å². The number of nitrogens with zero attached hydrogens (tertiary/aromatic N) is 1. The summed E-state index contributed by atoms with van der Waals surface area (Å²) in [6, 6.07) is 1.02. The average Bonchev–Trinajstić information content (AvgIpc) is 2.66. The van der Waals surface area contributed by atoms with Crippen molar-refractivity contribution in [3.05, 3.63) is 17.2 Å². The highest BCUT2D eigenvalue weighted by atomic mass is 28.3. The average molecular weight is 300 g/mol. The number of carboxylic acids is 1. The Hall–Kier alpha value is -1.18. The molecule has 0 amide bonds. The highest BCUT2D eigenvalue weighted by molar-refractivity contribution is 6.76. The monoisotopic (exact) mass is 300 g/mol. The van der Waals surface area contributed by atoms with Crippen molar-refractivity contribution in [2.24, 2.45) is 0 Å². The van der Waals surface area contributed by atoms with Gasteiger partial charge in [0.15, 0.2) is 5.69 Å². The van der Waals surface area contributed by atoms with Crippen molar-refractivity contribution in [2.75, 3.05) is 6.61 Å². The van der Waals surface area contributed by atoms with Gasteiger partial charge in [0, 0.05) is 14.7 Å². The highest BCUT2D eigenvalue weighted by Gasteiger charge is 2.25. The summed E-state index contributed by atoms with van der Waals surface area (Å²) in [5.41, 5.74) is -0.902. The summed E-state index contributed by atoms with van der Waals surface area (Å²) in [6.45, 7) is 10.6. The number of aromatic nitrogens is 2. The van der Waals surface area contributed by atoms with E-state index < -0.39 is 19.6 Å². The van der Waals surface area contributed by atoms with Gasteiger partial charge in [0.25, 0.3) is 0 Å². The van der Waals surface area contributed by atoms with Crippen LogP contribution >= 0.6 is 0 Å². The van der Waals surface area contributed by atoms with Crippen molar-refractivity contribution < 1.29 is 19.7 Å². The van der Waals surface area contributed by atoms with Crippen LogP contribution in [-0.4, -0.2) is 40.8 Å². The van der Waals surface area contributed by atoms with Crippen molar-refractivity contribution >= 4 is 14.0 Å². The van der Waals surface area contributed by atoms with E-state index in [1.54, 1.807) is 13.8 Å². The number of nitrogens with one attached hydrogen (secondary N) is 1. The third-order valence-corrected chi connectivity index (χ3v) is 4.51. The summed E-state index contributed by atoms with van der Waals surface area (Å²) in [7, 11) is -1.16. The second-order valence-corrected chi connectivity index (χ2v) is 12.3. The van der Waals surface area contributed by atoms with Crippen LogP contribution in [0.2, 0.25) is 25.7 Å². The fraction of sp³-hybridized carbons (Fsp3) is 0.692. The summed E-state index contributed by atoms with van der Waals surface area (Å²) >= 11 is 0. The first-order chi connectivity index (χ1) is 9.00. The molecule has 0 aliphatic rings. The number of hydrogen-bond donors (Lipinski definition) is 3. The lowest BCUT2D eigenvalue weighted by molar-refractivity contribution is 0.0669. The van der Waals surface area contributed by atoms with Crippen LogP contribution in [0.25, 0.3) is 0 Å². The summed E-state index contributed by atoms with van der Waals surface area (Å²) < 4.78 is 5.53. The van der Waals surface area contributed by atoms with Crippen molar-refractivity contribution in [2.45, 2.75) is 51.7 Å². The molecule has 0 fully saturated rings. The second kappa shape index (κ2) is 6.07. The van der Waals surface area contributed by atoms with E-state index in [9.17, 15) is 9.90 Å². The van der Waals surface area contributed by atoms with Gasteiger partial charge in [-0.1, -0.05) is 19.6 Å². The van der Waals surface area contributed by atoms with E-state index in [2.05, 4.69) is 29.6 Å². The van der Waals surface area contributed by atoms with Gasteiger partial charge in [0.2, 0.25) is 0 Å². The van der Waals surface area contributed by atoms with Crippen LogP contribution in [-0.2, 0) is 16.9 Å². The Morgan fingerprint density at radius 2 is 2.00 bits per heavy atom. The standard InChI is InChI=1S/C13H24N2O4Si/c1-13(2,18)12-14-9(10(15-12)11(16)17)8-19-6-7-20(3,4)5/h18H,6-8H2,1-5H3,(H,14,15)(H,16,17). The van der Waals surface area contributed by atoms with E-state index in [1.165, 1.54) is 0 Å². The zero-order chi connectivity index (χ0) is 15.6. The van der Waals surface area contributed by atoms with Crippen LogP contribution in [0.4, 0.5) is 0 Å². The van der Waals surface area contributed by atoms with Gasteiger partial charge in [-0.2, -0.15) is 0 Å². The third-order valence-electron chi connectivity index (χ3n) is 2.80. The molecule has 0 spiro atoms. The number of aliphatic hydroxyl groups is 1. The number of ether oxygens (including phenoxy) is 1. The normalized spacial score (nSPS) is 12.7. The van der Waals surface area contributed by atoms with Gasteiger partial charge in [0.1, 0.15) is 11.4 Å². The molecule has 1 heterocycles. The van der Waals surface area contributed by atoms with Crippen molar-refractivity contribution in [1.29, 1.82) is 0 Å². The Morgan fingerprint density at radius 1 is 1.40 bits per heavy atom. The first-order valence-corrected chi connectivity index (χ1v) is 10.3. The number of H-pyrrole nitrogens is 1. The number of carboxylic acid groups (broad SMARTS) is 1. The number of carbonyl (C=O) groups is 1. The molecule has 1 rings (SSSR count). The number of aromatic carboxylic acids is 1. The summed E-state index contributed by atoms with van der Waals surface area (Å²) in [5.74, 6) is -0.890. The largest absolute Gasteiger partial charge is 0.476 e. The first-order valence-electron chi connectivity index (χ1n) is 6.63. The number of imidazole rings is 1. The second-order valence-electron chi connectivity index (χ2n) is 6.64. The fourth-order valence-electron chi connectivity index (χ4n) is 1.53. The maximum Gasteiger partial charge on any atom is 0.356 e. The van der Waals surface area contributed by atoms with Gasteiger partial charge < -0.3 is 19.9 Å². The molecule has 1 aromatic heterocycles. The summed E-state index contributed by atoms with van der Waals surface area (Å²) in [4.78, 5) is 17.9. The molecule has 0 radical (unpaired) electrons. The molecule has 7 heteroatoms. The minimum absolute atomic E-state index is 0.0878. The van der Waals surface area contributed by atoms with Crippen LogP contribution in [0.1, 0.15) is 35.9 Å². The summed E-state index contributed by atoms with van der Waals surface area (Å²) in [5, 5.41) is 19.0. The van der Waals surface area contributed by atoms with Crippen LogP contribution in [0, 0.1) is 0 Å². The fourth-order valence-corrected chi connectivity index (χ4v) is 2.29. The lowest BCUT2D eigenvalue weighted by Gasteiger charge is -2.15. The third kappa shape index (κ3) is 5.07. The van der Waals surface area contributed by atoms with Crippen molar-refractivity contribution in [3.63, 3.8) is 0 Å². The van der Waals surface area contributed by atoms with E-state index in [4.69, 9.17) is 9.84 Å². The molecule has 3 N–H and O–H groups in total. The zero-order valence-electron chi connectivity index (χ0n) is 12.8. The number of hydrogen-bond acceptors (Lipinski definition) is 4. The molecule has 114 valence electrons. The van der Waals surface area contributed by atoms with Crippen LogP contribution in [0.15, 0.2) is 0 Å². The Bertz CT molecular complexity index is 472. The molecule has 0 aromatic carbocycles. The van der Waals surface area contributed by atoms with Crippen LogP contribution in [0.5, 0.6) is 0 Å². The highest BCUT2D eigenvalue weighted by Crippen LogP contribution is 2.19. The Balaban J connectivity index is 2.74. The zero-order valence-corrected chi connectivity index (χ0v) is 13.8. The lowest BCUT2D eigenvalue weighted by Crippen LogP contribution is -2.21. The predicted octanol–water partition coefficient (Wildman–Crippen LogP) is 2.19. The first kappa shape index (κ1) is 16.9. The molecule has 6 nitrogen and oxygen atoms in total. The minimum atomic E-state index is -1.21. The van der Waals surface area contributed by atoms with Gasteiger partial charge >= 0.3 is 5.97 Å². The maximum atomic E-state index is 11.1. The molecule has 0 bridgehead atoms. The van der Waals surface area contributed by atoms with Crippen molar-refractivity contribution in [3.8, 4) is 0 Å². The smallest absolute Gasteiger partial charge is 0.356 e. The molecule has 0 aliphatic heterocycles. The van der Waals surface area contributed by atoms with Gasteiger partial charge in [-0.3, -0.25) is 0 Å². The molecule has 20 heavy (non-hydrogen) atoms. The molecule has 0 saturated carbocycles. The quantitative estimate of drug-likeness (QED) is 0.530. The van der Waals surface area contributed by atoms with E-state index in [-0.39, 0.29) is 18.1 Å². The number of rotatable bonds is 7. The van der Waals surface area contributed by atoms with Crippen LogP contribution < -0.4 is 0 Å². The maximum absolute atomic E-state index is 11.1. The molecular formula is C13H24N2O4Si.